The summed E-state index contributed by atoms with van der Waals surface area (Å²) >= 11 is 1.88. The second-order valence-corrected chi connectivity index (χ2v) is 8.45. The van der Waals surface area contributed by atoms with Gasteiger partial charge in [-0.05, 0) is 42.2 Å². The predicted molar refractivity (Wildman–Crippen MR) is 87.7 cm³/mol. The van der Waals surface area contributed by atoms with Gasteiger partial charge >= 0.3 is 0 Å². The minimum absolute atomic E-state index is 0.179. The van der Waals surface area contributed by atoms with Crippen LogP contribution >= 0.6 is 11.3 Å². The minimum atomic E-state index is 0.179. The standard InChI is InChI=1S/C18H22N2S/c1-18(2)9-14(19)16-15(10-18)20-17(21-16)13-7-11-5-3-4-6-12(11)8-13/h3-6,13-14H,7-10,19H2,1-2H3. The molecule has 1 aromatic heterocycles. The highest BCUT2D eigenvalue weighted by atomic mass is 32.1. The molecule has 2 N–H and O–H groups in total. The van der Waals surface area contributed by atoms with Crippen molar-refractivity contribution in [2.75, 3.05) is 0 Å². The van der Waals surface area contributed by atoms with Gasteiger partial charge < -0.3 is 5.73 Å². The van der Waals surface area contributed by atoms with Crippen LogP contribution < -0.4 is 5.73 Å². The molecule has 3 heteroatoms. The van der Waals surface area contributed by atoms with E-state index < -0.39 is 0 Å². The van der Waals surface area contributed by atoms with Gasteiger partial charge in [0.25, 0.3) is 0 Å². The van der Waals surface area contributed by atoms with Gasteiger partial charge in [0, 0.05) is 16.8 Å². The topological polar surface area (TPSA) is 38.9 Å². The van der Waals surface area contributed by atoms with Crippen molar-refractivity contribution < 1.29 is 0 Å². The van der Waals surface area contributed by atoms with Crippen LogP contribution in [0.5, 0.6) is 0 Å². The van der Waals surface area contributed by atoms with E-state index in [4.69, 9.17) is 10.7 Å². The molecular weight excluding hydrogens is 276 g/mol. The molecular formula is C18H22N2S. The van der Waals surface area contributed by atoms with Crippen LogP contribution in [0.3, 0.4) is 0 Å². The number of nitrogens with zero attached hydrogens (tertiary/aromatic N) is 1. The molecule has 2 aromatic rings. The lowest BCUT2D eigenvalue weighted by Crippen LogP contribution is -2.28. The first-order valence-corrected chi connectivity index (χ1v) is 8.65. The van der Waals surface area contributed by atoms with Crippen LogP contribution in [0.4, 0.5) is 0 Å². The van der Waals surface area contributed by atoms with Crippen LogP contribution in [0.25, 0.3) is 0 Å². The van der Waals surface area contributed by atoms with Gasteiger partial charge in [-0.1, -0.05) is 38.1 Å². The molecule has 0 saturated heterocycles. The third-order valence-electron chi connectivity index (χ3n) is 4.90. The zero-order chi connectivity index (χ0) is 14.6. The van der Waals surface area contributed by atoms with Crippen molar-refractivity contribution >= 4 is 11.3 Å². The third kappa shape index (κ3) is 2.33. The molecule has 0 saturated carbocycles. The van der Waals surface area contributed by atoms with Crippen molar-refractivity contribution in [3.05, 3.63) is 51.0 Å². The van der Waals surface area contributed by atoms with Crippen molar-refractivity contribution in [2.45, 2.75) is 51.5 Å². The van der Waals surface area contributed by atoms with Crippen LogP contribution in [0.1, 0.15) is 58.9 Å². The maximum absolute atomic E-state index is 6.39. The average Bonchev–Trinajstić information content (AvgIpc) is 2.99. The molecule has 0 radical (unpaired) electrons. The fourth-order valence-electron chi connectivity index (χ4n) is 3.92. The summed E-state index contributed by atoms with van der Waals surface area (Å²) in [5.41, 5.74) is 11.0. The van der Waals surface area contributed by atoms with Crippen LogP contribution in [0.2, 0.25) is 0 Å². The van der Waals surface area contributed by atoms with Crippen LogP contribution in [-0.4, -0.2) is 4.98 Å². The Morgan fingerprint density at radius 1 is 1.19 bits per heavy atom. The largest absolute Gasteiger partial charge is 0.323 e. The zero-order valence-corrected chi connectivity index (χ0v) is 13.5. The summed E-state index contributed by atoms with van der Waals surface area (Å²) in [5.74, 6) is 0.563. The smallest absolute Gasteiger partial charge is 0.0969 e. The lowest BCUT2D eigenvalue weighted by Gasteiger charge is -2.32. The molecule has 2 aliphatic carbocycles. The highest BCUT2D eigenvalue weighted by Gasteiger charge is 2.35. The summed E-state index contributed by atoms with van der Waals surface area (Å²) in [7, 11) is 0. The van der Waals surface area contributed by atoms with E-state index >= 15 is 0 Å². The van der Waals surface area contributed by atoms with E-state index in [1.54, 1.807) is 0 Å². The van der Waals surface area contributed by atoms with E-state index in [9.17, 15) is 0 Å². The lowest BCUT2D eigenvalue weighted by atomic mass is 9.77. The Balaban J connectivity index is 1.65. The van der Waals surface area contributed by atoms with E-state index in [-0.39, 0.29) is 11.5 Å². The number of rotatable bonds is 1. The van der Waals surface area contributed by atoms with Gasteiger partial charge in [0.2, 0.25) is 0 Å². The molecule has 2 nitrogen and oxygen atoms in total. The maximum Gasteiger partial charge on any atom is 0.0969 e. The molecule has 1 unspecified atom stereocenters. The number of hydrogen-bond donors (Lipinski definition) is 1. The monoisotopic (exact) mass is 298 g/mol. The van der Waals surface area contributed by atoms with Gasteiger partial charge in [0.1, 0.15) is 0 Å². The summed E-state index contributed by atoms with van der Waals surface area (Å²) in [4.78, 5) is 6.35. The quantitative estimate of drug-likeness (QED) is 0.864. The van der Waals surface area contributed by atoms with Gasteiger partial charge in [0.15, 0.2) is 0 Å². The Morgan fingerprint density at radius 3 is 2.52 bits per heavy atom. The average molecular weight is 298 g/mol. The number of aromatic nitrogens is 1. The molecule has 0 bridgehead atoms. The Bertz CT molecular complexity index is 661. The first-order chi connectivity index (χ1) is 10.0. The van der Waals surface area contributed by atoms with Crippen molar-refractivity contribution in [3.63, 3.8) is 0 Å². The number of hydrogen-bond acceptors (Lipinski definition) is 3. The zero-order valence-electron chi connectivity index (χ0n) is 12.7. The van der Waals surface area contributed by atoms with Crippen LogP contribution in [0.15, 0.2) is 24.3 Å². The summed E-state index contributed by atoms with van der Waals surface area (Å²) in [6.07, 6.45) is 4.43. The SMILES string of the molecule is CC1(C)Cc2nc(C3Cc4ccccc4C3)sc2C(N)C1. The van der Waals surface area contributed by atoms with Crippen molar-refractivity contribution in [3.8, 4) is 0 Å². The molecule has 1 atom stereocenters. The third-order valence-corrected chi connectivity index (χ3v) is 6.29. The summed E-state index contributed by atoms with van der Waals surface area (Å²) in [6, 6.07) is 8.99. The highest BCUT2D eigenvalue weighted by molar-refractivity contribution is 7.12. The molecule has 0 fully saturated rings. The first-order valence-electron chi connectivity index (χ1n) is 7.84. The highest BCUT2D eigenvalue weighted by Crippen LogP contribution is 2.44. The lowest BCUT2D eigenvalue weighted by molar-refractivity contribution is 0.282. The van der Waals surface area contributed by atoms with Crippen molar-refractivity contribution in [1.82, 2.24) is 4.98 Å². The molecule has 21 heavy (non-hydrogen) atoms. The molecule has 1 heterocycles. The molecule has 0 aliphatic heterocycles. The Labute approximate surface area is 130 Å². The van der Waals surface area contributed by atoms with E-state index in [0.29, 0.717) is 5.92 Å². The van der Waals surface area contributed by atoms with Crippen molar-refractivity contribution in [1.29, 1.82) is 0 Å². The minimum Gasteiger partial charge on any atom is -0.323 e. The van der Waals surface area contributed by atoms with Gasteiger partial charge in [-0.15, -0.1) is 11.3 Å². The number of fused-ring (bicyclic) bond motifs is 2. The Morgan fingerprint density at radius 2 is 1.86 bits per heavy atom. The van der Waals surface area contributed by atoms with E-state index in [0.717, 1.165) is 25.7 Å². The number of benzene rings is 1. The predicted octanol–water partition coefficient (Wildman–Crippen LogP) is 4.00. The molecule has 2 aliphatic rings. The normalized spacial score (nSPS) is 23.9. The van der Waals surface area contributed by atoms with Gasteiger partial charge in [-0.2, -0.15) is 0 Å². The summed E-state index contributed by atoms with van der Waals surface area (Å²) in [5, 5.41) is 1.31. The van der Waals surface area contributed by atoms with E-state index in [1.807, 2.05) is 11.3 Å². The summed E-state index contributed by atoms with van der Waals surface area (Å²) < 4.78 is 0. The summed E-state index contributed by atoms with van der Waals surface area (Å²) in [6.45, 7) is 4.61. The van der Waals surface area contributed by atoms with Gasteiger partial charge in [-0.25, -0.2) is 4.98 Å². The second-order valence-electron chi connectivity index (χ2n) is 7.39. The van der Waals surface area contributed by atoms with Crippen molar-refractivity contribution in [2.24, 2.45) is 11.1 Å². The molecule has 0 amide bonds. The molecule has 0 spiro atoms. The Kier molecular flexibility index (Phi) is 2.98. The number of thiazole rings is 1. The van der Waals surface area contributed by atoms with E-state index in [2.05, 4.69) is 38.1 Å². The molecule has 4 rings (SSSR count). The second kappa shape index (κ2) is 4.65. The first kappa shape index (κ1) is 13.5. The molecule has 110 valence electrons. The number of nitrogens with two attached hydrogens (primary N) is 1. The van der Waals surface area contributed by atoms with Gasteiger partial charge in [-0.3, -0.25) is 0 Å². The molecule has 1 aromatic carbocycles. The van der Waals surface area contributed by atoms with Crippen LogP contribution in [0, 0.1) is 5.41 Å². The van der Waals surface area contributed by atoms with Crippen LogP contribution in [-0.2, 0) is 19.3 Å². The Hall–Kier alpha value is -1.19. The maximum atomic E-state index is 6.39. The van der Waals surface area contributed by atoms with Gasteiger partial charge in [0.05, 0.1) is 10.7 Å². The fraction of sp³-hybridized carbons (Fsp3) is 0.500. The fourth-order valence-corrected chi connectivity index (χ4v) is 5.11. The van der Waals surface area contributed by atoms with E-state index in [1.165, 1.54) is 26.7 Å².